The molecule has 0 spiro atoms. The van der Waals surface area contributed by atoms with Crippen LogP contribution in [0.5, 0.6) is 0 Å². The van der Waals surface area contributed by atoms with E-state index in [2.05, 4.69) is 194 Å². The lowest BCUT2D eigenvalue weighted by atomic mass is 9.82. The van der Waals surface area contributed by atoms with Crippen LogP contribution in [0.4, 0.5) is 0 Å². The van der Waals surface area contributed by atoms with Crippen molar-refractivity contribution in [1.82, 2.24) is 0 Å². The van der Waals surface area contributed by atoms with Gasteiger partial charge in [-0.2, -0.15) is 0 Å². The van der Waals surface area contributed by atoms with Gasteiger partial charge in [0, 0.05) is 20.2 Å². The van der Waals surface area contributed by atoms with Gasteiger partial charge in [-0.05, 0) is 116 Å². The first-order valence-electron chi connectivity index (χ1n) is 19.0. The zero-order valence-electron chi connectivity index (χ0n) is 29.9. The maximum absolute atomic E-state index is 2.49. The van der Waals surface area contributed by atoms with Crippen LogP contribution in [-0.2, 0) is 0 Å². The fraction of sp³-hybridized carbons (Fsp3) is 0. The fourth-order valence-corrected chi connectivity index (χ4v) is 10.8. The van der Waals surface area contributed by atoms with Gasteiger partial charge in [-0.25, -0.2) is 0 Å². The van der Waals surface area contributed by atoms with Gasteiger partial charge < -0.3 is 0 Å². The minimum Gasteiger partial charge on any atom is -0.135 e. The van der Waals surface area contributed by atoms with Gasteiger partial charge in [0.2, 0.25) is 0 Å². The van der Waals surface area contributed by atoms with Crippen molar-refractivity contribution in [2.75, 3.05) is 0 Å². The van der Waals surface area contributed by atoms with Crippen molar-refractivity contribution in [2.24, 2.45) is 0 Å². The summed E-state index contributed by atoms with van der Waals surface area (Å²) < 4.78 is 2.67. The van der Waals surface area contributed by atoms with Crippen LogP contribution in [0.15, 0.2) is 194 Å². The number of benzene rings is 11. The van der Waals surface area contributed by atoms with Crippen molar-refractivity contribution in [1.29, 1.82) is 0 Å². The standard InChI is InChI=1S/C54H32S/c1-2-19-38-36(17-1)37-18-3-5-22-41(37)52-42-23-6-4-20-39(42)49(32-48(38)52)53-45-26-9-7-24-43(45)51(44-25-8-10-27-46(44)53)34-16-13-15-33(31-34)35-28-14-29-47-40-21-11-12-30-50(40)55-54(35)47/h1-32H. The number of fused-ring (bicyclic) bond motifs is 13. The average molecular weight is 713 g/mol. The molecule has 0 unspecified atom stereocenters. The van der Waals surface area contributed by atoms with Gasteiger partial charge in [-0.1, -0.05) is 176 Å². The van der Waals surface area contributed by atoms with Crippen molar-refractivity contribution in [2.45, 2.75) is 0 Å². The van der Waals surface area contributed by atoms with E-state index in [1.807, 2.05) is 11.3 Å². The van der Waals surface area contributed by atoms with Crippen LogP contribution < -0.4 is 0 Å². The molecular formula is C54H32S. The molecule has 0 aliphatic rings. The number of rotatable bonds is 3. The van der Waals surface area contributed by atoms with E-state index in [1.54, 1.807) is 0 Å². The van der Waals surface area contributed by atoms with Gasteiger partial charge in [0.05, 0.1) is 0 Å². The summed E-state index contributed by atoms with van der Waals surface area (Å²) in [6, 6.07) is 72.3. The third-order valence-electron chi connectivity index (χ3n) is 11.8. The lowest BCUT2D eigenvalue weighted by molar-refractivity contribution is 1.65. The molecule has 1 heterocycles. The van der Waals surface area contributed by atoms with Crippen LogP contribution >= 0.6 is 11.3 Å². The quantitative estimate of drug-likeness (QED) is 0.126. The molecule has 0 atom stereocenters. The molecule has 0 nitrogen and oxygen atoms in total. The molecule has 0 bridgehead atoms. The van der Waals surface area contributed by atoms with Crippen molar-refractivity contribution in [3.8, 4) is 33.4 Å². The second-order valence-corrected chi connectivity index (χ2v) is 15.7. The first-order chi connectivity index (χ1) is 27.3. The zero-order chi connectivity index (χ0) is 36.0. The summed E-state index contributed by atoms with van der Waals surface area (Å²) in [4.78, 5) is 0. The molecule has 12 rings (SSSR count). The Morgan fingerprint density at radius 2 is 0.709 bits per heavy atom. The highest BCUT2D eigenvalue weighted by Gasteiger charge is 2.21. The van der Waals surface area contributed by atoms with E-state index in [0.29, 0.717) is 0 Å². The molecule has 0 amide bonds. The van der Waals surface area contributed by atoms with Crippen molar-refractivity contribution < 1.29 is 0 Å². The number of hydrogen-bond donors (Lipinski definition) is 0. The van der Waals surface area contributed by atoms with Crippen LogP contribution in [0.1, 0.15) is 0 Å². The summed E-state index contributed by atoms with van der Waals surface area (Å²) in [5.74, 6) is 0. The summed E-state index contributed by atoms with van der Waals surface area (Å²) in [7, 11) is 0. The maximum atomic E-state index is 2.49. The molecule has 0 saturated carbocycles. The SMILES string of the molecule is c1cc(-c2c3ccccc3c(-c3cc4c5ccccc5c5ccccc5c4c4ccccc34)c3ccccc23)cc(-c2cccc3c2sc2ccccc23)c1. The number of thiophene rings is 1. The molecule has 0 radical (unpaired) electrons. The molecule has 55 heavy (non-hydrogen) atoms. The van der Waals surface area contributed by atoms with Crippen LogP contribution in [0.25, 0.3) is 118 Å². The second-order valence-electron chi connectivity index (χ2n) is 14.7. The highest BCUT2D eigenvalue weighted by atomic mass is 32.1. The average Bonchev–Trinajstić information content (AvgIpc) is 3.64. The summed E-state index contributed by atoms with van der Waals surface area (Å²) in [6.07, 6.45) is 0. The predicted octanol–water partition coefficient (Wildman–Crippen LogP) is 16.0. The van der Waals surface area contributed by atoms with E-state index in [9.17, 15) is 0 Å². The molecule has 0 aliphatic carbocycles. The Labute approximate surface area is 322 Å². The normalized spacial score (nSPS) is 12.0. The molecule has 11 aromatic carbocycles. The maximum Gasteiger partial charge on any atom is 0.0433 e. The first-order valence-corrected chi connectivity index (χ1v) is 19.8. The lowest BCUT2D eigenvalue weighted by Gasteiger charge is -2.21. The van der Waals surface area contributed by atoms with E-state index >= 15 is 0 Å². The van der Waals surface area contributed by atoms with Gasteiger partial charge in [0.25, 0.3) is 0 Å². The van der Waals surface area contributed by atoms with E-state index in [-0.39, 0.29) is 0 Å². The van der Waals surface area contributed by atoms with E-state index in [4.69, 9.17) is 0 Å². The van der Waals surface area contributed by atoms with Gasteiger partial charge in [-0.3, -0.25) is 0 Å². The zero-order valence-corrected chi connectivity index (χ0v) is 30.7. The molecular weight excluding hydrogens is 681 g/mol. The smallest absolute Gasteiger partial charge is 0.0433 e. The van der Waals surface area contributed by atoms with E-state index in [0.717, 1.165) is 0 Å². The topological polar surface area (TPSA) is 0 Å². The third kappa shape index (κ3) is 4.45. The predicted molar refractivity (Wildman–Crippen MR) is 241 cm³/mol. The van der Waals surface area contributed by atoms with Gasteiger partial charge in [-0.15, -0.1) is 11.3 Å². The molecule has 12 aromatic rings. The molecule has 1 aromatic heterocycles. The largest absolute Gasteiger partial charge is 0.135 e. The summed E-state index contributed by atoms with van der Waals surface area (Å²) >= 11 is 1.89. The third-order valence-corrected chi connectivity index (χ3v) is 13.0. The Morgan fingerprint density at radius 3 is 1.38 bits per heavy atom. The highest BCUT2D eigenvalue weighted by Crippen LogP contribution is 2.49. The van der Waals surface area contributed by atoms with E-state index < -0.39 is 0 Å². The Kier molecular flexibility index (Phi) is 6.60. The van der Waals surface area contributed by atoms with Gasteiger partial charge in [0.1, 0.15) is 0 Å². The van der Waals surface area contributed by atoms with Crippen LogP contribution in [0.3, 0.4) is 0 Å². The van der Waals surface area contributed by atoms with E-state index in [1.165, 1.54) is 118 Å². The first kappa shape index (κ1) is 30.6. The molecule has 0 aliphatic heterocycles. The lowest BCUT2D eigenvalue weighted by Crippen LogP contribution is -1.93. The summed E-state index contributed by atoms with van der Waals surface area (Å²) in [6.45, 7) is 0. The van der Waals surface area contributed by atoms with Crippen molar-refractivity contribution in [3.05, 3.63) is 194 Å². The second kappa shape index (κ2) is 11.9. The Balaban J connectivity index is 1.17. The van der Waals surface area contributed by atoms with Gasteiger partial charge in [0.15, 0.2) is 0 Å². The van der Waals surface area contributed by atoms with Crippen molar-refractivity contribution in [3.63, 3.8) is 0 Å². The minimum absolute atomic E-state index is 1.23. The summed E-state index contributed by atoms with van der Waals surface area (Å²) in [5.41, 5.74) is 7.60. The van der Waals surface area contributed by atoms with Crippen molar-refractivity contribution >= 4 is 96.1 Å². The molecule has 0 fully saturated rings. The molecule has 254 valence electrons. The van der Waals surface area contributed by atoms with Crippen LogP contribution in [0.2, 0.25) is 0 Å². The molecule has 0 N–H and O–H groups in total. The monoisotopic (exact) mass is 712 g/mol. The minimum atomic E-state index is 1.23. The van der Waals surface area contributed by atoms with Gasteiger partial charge >= 0.3 is 0 Å². The number of hydrogen-bond acceptors (Lipinski definition) is 1. The fourth-order valence-electron chi connectivity index (χ4n) is 9.52. The summed E-state index contributed by atoms with van der Waals surface area (Å²) in [5, 5.41) is 18.1. The molecule has 1 heteroatoms. The Hall–Kier alpha value is -6.80. The van der Waals surface area contributed by atoms with Crippen LogP contribution in [-0.4, -0.2) is 0 Å². The Morgan fingerprint density at radius 1 is 0.255 bits per heavy atom. The highest BCUT2D eigenvalue weighted by molar-refractivity contribution is 7.26. The Bertz CT molecular complexity index is 3490. The van der Waals surface area contributed by atoms with Crippen LogP contribution in [0, 0.1) is 0 Å². The molecule has 0 saturated heterocycles.